The van der Waals surface area contributed by atoms with Crippen LogP contribution in [0, 0.1) is 22.7 Å². The lowest BCUT2D eigenvalue weighted by atomic mass is 9.63. The van der Waals surface area contributed by atoms with Gasteiger partial charge in [0.25, 0.3) is 0 Å². The molecule has 2 aliphatic rings. The molecule has 4 rings (SSSR count). The van der Waals surface area contributed by atoms with E-state index in [1.54, 1.807) is 18.3 Å². The van der Waals surface area contributed by atoms with Crippen LogP contribution in [0.25, 0.3) is 10.6 Å². The van der Waals surface area contributed by atoms with Crippen molar-refractivity contribution >= 4 is 17.3 Å². The Labute approximate surface area is 221 Å². The molecule has 7 nitrogen and oxygen atoms in total. The first-order valence-electron chi connectivity index (χ1n) is 12.8. The quantitative estimate of drug-likeness (QED) is 0.403. The van der Waals surface area contributed by atoms with Gasteiger partial charge in [-0.1, -0.05) is 20.8 Å². The SMILES string of the molecule is COC(=O)[C@]1(CC2CCOCC2)C[C@@H](C(C)(C)C)CN(Cc2cnc(-c3cccnc3OC(F)F)s2)C1. The Kier molecular flexibility index (Phi) is 8.81. The molecule has 2 atom stereocenters. The number of esters is 1. The number of rotatable bonds is 8. The average Bonchev–Trinajstić information content (AvgIpc) is 3.31. The zero-order valence-corrected chi connectivity index (χ0v) is 22.9. The van der Waals surface area contributed by atoms with Gasteiger partial charge in [0.05, 0.1) is 18.1 Å². The monoisotopic (exact) mass is 537 g/mol. The molecule has 0 N–H and O–H groups in total. The molecule has 37 heavy (non-hydrogen) atoms. The highest BCUT2D eigenvalue weighted by Gasteiger charge is 2.50. The Morgan fingerprint density at radius 3 is 2.73 bits per heavy atom. The number of alkyl halides is 2. The topological polar surface area (TPSA) is 73.8 Å². The van der Waals surface area contributed by atoms with Crippen molar-refractivity contribution in [2.45, 2.75) is 59.6 Å². The number of nitrogens with zero attached hydrogens (tertiary/aromatic N) is 3. The zero-order valence-electron chi connectivity index (χ0n) is 22.0. The van der Waals surface area contributed by atoms with E-state index in [9.17, 15) is 13.6 Å². The second-order valence-corrected chi connectivity index (χ2v) is 12.5. The number of halogens is 2. The van der Waals surface area contributed by atoms with E-state index in [0.717, 1.165) is 50.3 Å². The minimum Gasteiger partial charge on any atom is -0.469 e. The van der Waals surface area contributed by atoms with Crippen LogP contribution in [0.1, 0.15) is 51.3 Å². The molecule has 0 amide bonds. The van der Waals surface area contributed by atoms with Crippen molar-refractivity contribution in [3.05, 3.63) is 29.4 Å². The number of methoxy groups -OCH3 is 1. The number of carbonyl (C=O) groups is 1. The molecule has 2 aliphatic heterocycles. The van der Waals surface area contributed by atoms with Crippen LogP contribution < -0.4 is 4.74 Å². The standard InChI is InChI=1S/C27H37F2N3O4S/c1-26(2,3)19-13-27(24(33)34-4,12-18-7-10-35-11-8-18)17-32(15-19)16-20-14-31-23(37-20)21-6-5-9-30-22(21)36-25(28)29/h5-6,9,14,18-19,25H,7-8,10-13,15-17H2,1-4H3/t19-,27-/m1/s1. The van der Waals surface area contributed by atoms with E-state index in [-0.39, 0.29) is 17.3 Å². The van der Waals surface area contributed by atoms with Gasteiger partial charge >= 0.3 is 12.6 Å². The first kappa shape index (κ1) is 27.9. The van der Waals surface area contributed by atoms with Crippen LogP contribution >= 0.6 is 11.3 Å². The average molecular weight is 538 g/mol. The normalized spacial score (nSPS) is 23.8. The molecule has 4 heterocycles. The number of hydrogen-bond donors (Lipinski definition) is 0. The number of thiazole rings is 1. The van der Waals surface area contributed by atoms with Crippen LogP contribution in [-0.4, -0.2) is 60.9 Å². The fourth-order valence-electron chi connectivity index (χ4n) is 5.66. The van der Waals surface area contributed by atoms with Crippen molar-refractivity contribution in [2.75, 3.05) is 33.4 Å². The van der Waals surface area contributed by atoms with E-state index < -0.39 is 12.0 Å². The van der Waals surface area contributed by atoms with Crippen LogP contribution in [0.5, 0.6) is 5.88 Å². The Bertz CT molecular complexity index is 1050. The van der Waals surface area contributed by atoms with Gasteiger partial charge in [0.15, 0.2) is 0 Å². The van der Waals surface area contributed by atoms with Crippen molar-refractivity contribution in [3.8, 4) is 16.5 Å². The van der Waals surface area contributed by atoms with Crippen molar-refractivity contribution in [1.29, 1.82) is 0 Å². The Morgan fingerprint density at radius 2 is 2.05 bits per heavy atom. The molecule has 0 saturated carbocycles. The second kappa shape index (κ2) is 11.7. The molecule has 10 heteroatoms. The molecular formula is C27H37F2N3O4S. The van der Waals surface area contributed by atoms with Gasteiger partial charge in [-0.15, -0.1) is 11.3 Å². The largest absolute Gasteiger partial charge is 0.469 e. The summed E-state index contributed by atoms with van der Waals surface area (Å²) in [5.41, 5.74) is -0.125. The molecule has 204 valence electrons. The molecule has 0 aliphatic carbocycles. The summed E-state index contributed by atoms with van der Waals surface area (Å²) >= 11 is 1.43. The van der Waals surface area contributed by atoms with Crippen LogP contribution in [0.2, 0.25) is 0 Å². The van der Waals surface area contributed by atoms with E-state index in [2.05, 4.69) is 40.4 Å². The number of carbonyl (C=O) groups excluding carboxylic acids is 1. The molecular weight excluding hydrogens is 500 g/mol. The number of ether oxygens (including phenoxy) is 3. The number of pyridine rings is 1. The van der Waals surface area contributed by atoms with Gasteiger partial charge in [-0.05, 0) is 55.1 Å². The number of hydrogen-bond acceptors (Lipinski definition) is 8. The minimum atomic E-state index is -2.96. The first-order valence-corrected chi connectivity index (χ1v) is 13.6. The van der Waals surface area contributed by atoms with E-state index in [1.165, 1.54) is 24.6 Å². The summed E-state index contributed by atoms with van der Waals surface area (Å²) in [4.78, 5) is 25.1. The Morgan fingerprint density at radius 1 is 1.30 bits per heavy atom. The lowest BCUT2D eigenvalue weighted by Crippen LogP contribution is -2.54. The van der Waals surface area contributed by atoms with Crippen LogP contribution in [0.4, 0.5) is 8.78 Å². The fraction of sp³-hybridized carbons (Fsp3) is 0.667. The third-order valence-electron chi connectivity index (χ3n) is 7.64. The Hall–Kier alpha value is -2.17. The zero-order chi connectivity index (χ0) is 26.6. The van der Waals surface area contributed by atoms with Gasteiger partial charge in [0.2, 0.25) is 5.88 Å². The van der Waals surface area contributed by atoms with Crippen molar-refractivity contribution in [2.24, 2.45) is 22.7 Å². The molecule has 0 spiro atoms. The highest BCUT2D eigenvalue weighted by atomic mass is 32.1. The molecule has 2 aromatic rings. The fourth-order valence-corrected chi connectivity index (χ4v) is 6.63. The lowest BCUT2D eigenvalue weighted by Gasteiger charge is -2.49. The van der Waals surface area contributed by atoms with Crippen molar-refractivity contribution in [1.82, 2.24) is 14.9 Å². The highest BCUT2D eigenvalue weighted by molar-refractivity contribution is 7.15. The third kappa shape index (κ3) is 6.83. The minimum absolute atomic E-state index is 0.0176. The van der Waals surface area contributed by atoms with Crippen LogP contribution in [-0.2, 0) is 20.8 Å². The molecule has 2 aromatic heterocycles. The van der Waals surface area contributed by atoms with E-state index >= 15 is 0 Å². The van der Waals surface area contributed by atoms with Gasteiger partial charge in [-0.2, -0.15) is 8.78 Å². The van der Waals surface area contributed by atoms with Crippen LogP contribution in [0.15, 0.2) is 24.5 Å². The van der Waals surface area contributed by atoms with E-state index in [4.69, 9.17) is 9.47 Å². The van der Waals surface area contributed by atoms with E-state index in [1.807, 2.05) is 0 Å². The summed E-state index contributed by atoms with van der Waals surface area (Å²) in [6.07, 6.45) is 6.72. The van der Waals surface area contributed by atoms with Crippen LogP contribution in [0.3, 0.4) is 0 Å². The number of likely N-dealkylation sites (tertiary alicyclic amines) is 1. The molecule has 2 saturated heterocycles. The molecule has 0 aromatic carbocycles. The maximum absolute atomic E-state index is 13.4. The molecule has 2 fully saturated rings. The van der Waals surface area contributed by atoms with E-state index in [0.29, 0.717) is 35.5 Å². The highest BCUT2D eigenvalue weighted by Crippen LogP contribution is 2.47. The summed E-state index contributed by atoms with van der Waals surface area (Å²) in [5.74, 6) is 0.469. The van der Waals surface area contributed by atoms with Gasteiger partial charge in [0, 0.05) is 50.1 Å². The summed E-state index contributed by atoms with van der Waals surface area (Å²) in [7, 11) is 1.49. The predicted octanol–water partition coefficient (Wildman–Crippen LogP) is 5.65. The summed E-state index contributed by atoms with van der Waals surface area (Å²) in [5, 5.41) is 0.574. The summed E-state index contributed by atoms with van der Waals surface area (Å²) in [6, 6.07) is 3.36. The van der Waals surface area contributed by atoms with Crippen molar-refractivity contribution < 1.29 is 27.8 Å². The second-order valence-electron chi connectivity index (χ2n) is 11.3. The molecule has 0 radical (unpaired) electrons. The summed E-state index contributed by atoms with van der Waals surface area (Å²) < 4.78 is 41.3. The van der Waals surface area contributed by atoms with Crippen molar-refractivity contribution in [3.63, 3.8) is 0 Å². The lowest BCUT2D eigenvalue weighted by molar-refractivity contribution is -0.162. The maximum atomic E-state index is 13.4. The molecule has 0 bridgehead atoms. The summed E-state index contributed by atoms with van der Waals surface area (Å²) in [6.45, 7) is 7.30. The van der Waals surface area contributed by atoms with Gasteiger partial charge in [-0.25, -0.2) is 9.97 Å². The smallest absolute Gasteiger partial charge is 0.388 e. The third-order valence-corrected chi connectivity index (χ3v) is 8.66. The van der Waals surface area contributed by atoms with Gasteiger partial charge in [0.1, 0.15) is 5.01 Å². The maximum Gasteiger partial charge on any atom is 0.388 e. The molecule has 0 unspecified atom stereocenters. The number of piperidine rings is 1. The number of aromatic nitrogens is 2. The predicted molar refractivity (Wildman–Crippen MR) is 137 cm³/mol. The Balaban J connectivity index is 1.58. The van der Waals surface area contributed by atoms with Gasteiger partial charge in [-0.3, -0.25) is 9.69 Å². The van der Waals surface area contributed by atoms with Gasteiger partial charge < -0.3 is 14.2 Å². The first-order chi connectivity index (χ1) is 17.6.